The number of ether oxygens (including phenoxy) is 1. The Labute approximate surface area is 85.0 Å². The van der Waals surface area contributed by atoms with Crippen LogP contribution in [-0.2, 0) is 9.53 Å². The molecule has 2 aliphatic rings. The second kappa shape index (κ2) is 3.54. The molecule has 3 heteroatoms. The van der Waals surface area contributed by atoms with Gasteiger partial charge in [0, 0.05) is 5.54 Å². The molecule has 0 aromatic heterocycles. The minimum Gasteiger partial charge on any atom is -0.469 e. The molecule has 0 aromatic rings. The van der Waals surface area contributed by atoms with E-state index in [1.54, 1.807) is 0 Å². The Bertz CT molecular complexity index is 235. The highest BCUT2D eigenvalue weighted by atomic mass is 16.5. The van der Waals surface area contributed by atoms with Gasteiger partial charge in [-0.25, -0.2) is 0 Å². The van der Waals surface area contributed by atoms with E-state index in [1.807, 2.05) is 0 Å². The molecule has 0 saturated heterocycles. The summed E-state index contributed by atoms with van der Waals surface area (Å²) < 4.78 is 4.85. The monoisotopic (exact) mass is 197 g/mol. The molecule has 80 valence electrons. The molecule has 1 unspecified atom stereocenters. The van der Waals surface area contributed by atoms with Gasteiger partial charge in [0.15, 0.2) is 0 Å². The van der Waals surface area contributed by atoms with Gasteiger partial charge < -0.3 is 10.5 Å². The van der Waals surface area contributed by atoms with Crippen molar-refractivity contribution in [3.05, 3.63) is 0 Å². The molecule has 2 fully saturated rings. The van der Waals surface area contributed by atoms with Gasteiger partial charge in [-0.3, -0.25) is 4.79 Å². The van der Waals surface area contributed by atoms with E-state index in [1.165, 1.54) is 13.5 Å². The molecular formula is C11H19NO2. The van der Waals surface area contributed by atoms with Gasteiger partial charge in [0.1, 0.15) is 0 Å². The summed E-state index contributed by atoms with van der Waals surface area (Å²) in [5, 5.41) is 0. The lowest BCUT2D eigenvalue weighted by Gasteiger charge is -2.33. The Morgan fingerprint density at radius 2 is 2.00 bits per heavy atom. The number of methoxy groups -OCH3 is 1. The quantitative estimate of drug-likeness (QED) is 0.682. The van der Waals surface area contributed by atoms with Crippen molar-refractivity contribution in [1.82, 2.24) is 0 Å². The van der Waals surface area contributed by atoms with E-state index < -0.39 is 0 Å². The zero-order valence-corrected chi connectivity index (χ0v) is 8.79. The second-order valence-electron chi connectivity index (χ2n) is 4.75. The fourth-order valence-corrected chi connectivity index (χ4v) is 2.77. The Morgan fingerprint density at radius 3 is 2.57 bits per heavy atom. The molecule has 0 radical (unpaired) electrons. The van der Waals surface area contributed by atoms with Crippen molar-refractivity contribution in [2.75, 3.05) is 7.11 Å². The molecule has 3 nitrogen and oxygen atoms in total. The summed E-state index contributed by atoms with van der Waals surface area (Å²) in [5.74, 6) is 0.399. The number of esters is 1. The van der Waals surface area contributed by atoms with Crippen LogP contribution in [0, 0.1) is 11.8 Å². The summed E-state index contributed by atoms with van der Waals surface area (Å²) in [7, 11) is 1.48. The van der Waals surface area contributed by atoms with E-state index in [0.717, 1.165) is 32.1 Å². The van der Waals surface area contributed by atoms with E-state index in [2.05, 4.69) is 0 Å². The van der Waals surface area contributed by atoms with Crippen LogP contribution in [0.15, 0.2) is 0 Å². The average Bonchev–Trinajstić information content (AvgIpc) is 2.97. The van der Waals surface area contributed by atoms with Gasteiger partial charge in [-0.05, 0) is 31.6 Å². The summed E-state index contributed by atoms with van der Waals surface area (Å²) >= 11 is 0. The summed E-state index contributed by atoms with van der Waals surface area (Å²) in [4.78, 5) is 11.6. The van der Waals surface area contributed by atoms with Crippen molar-refractivity contribution in [1.29, 1.82) is 0 Å². The molecule has 2 atom stereocenters. The first-order valence-electron chi connectivity index (χ1n) is 5.54. The van der Waals surface area contributed by atoms with Crippen LogP contribution < -0.4 is 5.73 Å². The standard InChI is InChI=1S/C11H19NO2/c1-14-10(13)8-4-2-3-5-9(8)11(12)6-7-11/h8-9H,2-7,12H2,1H3/t8-,9?/m0/s1. The van der Waals surface area contributed by atoms with Crippen LogP contribution in [0.3, 0.4) is 0 Å². The number of rotatable bonds is 2. The van der Waals surface area contributed by atoms with Crippen LogP contribution in [0.4, 0.5) is 0 Å². The van der Waals surface area contributed by atoms with Gasteiger partial charge >= 0.3 is 5.97 Å². The fourth-order valence-electron chi connectivity index (χ4n) is 2.77. The maximum atomic E-state index is 11.6. The average molecular weight is 197 g/mol. The minimum atomic E-state index is -0.0496. The molecule has 0 bridgehead atoms. The highest BCUT2D eigenvalue weighted by Gasteiger charge is 2.51. The number of carbonyl (C=O) groups excluding carboxylic acids is 1. The van der Waals surface area contributed by atoms with Crippen molar-refractivity contribution < 1.29 is 9.53 Å². The smallest absolute Gasteiger partial charge is 0.309 e. The van der Waals surface area contributed by atoms with Crippen molar-refractivity contribution in [3.8, 4) is 0 Å². The number of carbonyl (C=O) groups is 1. The number of hydrogen-bond donors (Lipinski definition) is 1. The first-order chi connectivity index (χ1) is 6.67. The SMILES string of the molecule is COC(=O)[C@H]1CCCCC1C1(N)CC1. The second-order valence-corrected chi connectivity index (χ2v) is 4.75. The van der Waals surface area contributed by atoms with Crippen molar-refractivity contribution in [2.45, 2.75) is 44.1 Å². The molecule has 2 saturated carbocycles. The Morgan fingerprint density at radius 1 is 1.36 bits per heavy atom. The van der Waals surface area contributed by atoms with Crippen LogP contribution >= 0.6 is 0 Å². The van der Waals surface area contributed by atoms with Gasteiger partial charge in [0.05, 0.1) is 13.0 Å². The molecule has 0 amide bonds. The van der Waals surface area contributed by atoms with Crippen LogP contribution in [0.1, 0.15) is 38.5 Å². The maximum absolute atomic E-state index is 11.6. The Kier molecular flexibility index (Phi) is 2.52. The van der Waals surface area contributed by atoms with Gasteiger partial charge in [0.25, 0.3) is 0 Å². The number of nitrogens with two attached hydrogens (primary N) is 1. The summed E-state index contributed by atoms with van der Waals surface area (Å²) in [6.45, 7) is 0. The van der Waals surface area contributed by atoms with Crippen LogP contribution in [0.5, 0.6) is 0 Å². The van der Waals surface area contributed by atoms with E-state index in [9.17, 15) is 4.79 Å². The molecule has 0 spiro atoms. The maximum Gasteiger partial charge on any atom is 0.309 e. The molecule has 14 heavy (non-hydrogen) atoms. The van der Waals surface area contributed by atoms with Crippen LogP contribution in [0.25, 0.3) is 0 Å². The van der Waals surface area contributed by atoms with Gasteiger partial charge in [-0.1, -0.05) is 12.8 Å². The molecule has 2 aliphatic carbocycles. The first kappa shape index (κ1) is 9.97. The predicted octanol–water partition coefficient (Wildman–Crippen LogP) is 1.46. The third-order valence-electron chi connectivity index (χ3n) is 3.84. The highest BCUT2D eigenvalue weighted by molar-refractivity contribution is 5.73. The van der Waals surface area contributed by atoms with E-state index in [4.69, 9.17) is 10.5 Å². The van der Waals surface area contributed by atoms with Gasteiger partial charge in [0.2, 0.25) is 0 Å². The third-order valence-corrected chi connectivity index (χ3v) is 3.84. The first-order valence-corrected chi connectivity index (χ1v) is 5.54. The van der Waals surface area contributed by atoms with Crippen molar-refractivity contribution in [2.24, 2.45) is 17.6 Å². The predicted molar refractivity (Wildman–Crippen MR) is 53.6 cm³/mol. The topological polar surface area (TPSA) is 52.3 Å². The Balaban J connectivity index is 2.07. The summed E-state index contributed by atoms with van der Waals surface area (Å²) in [6, 6.07) is 0. The van der Waals surface area contributed by atoms with E-state index in [0.29, 0.717) is 5.92 Å². The molecular weight excluding hydrogens is 178 g/mol. The molecule has 0 aliphatic heterocycles. The van der Waals surface area contributed by atoms with Gasteiger partial charge in [-0.15, -0.1) is 0 Å². The summed E-state index contributed by atoms with van der Waals surface area (Å²) in [5.41, 5.74) is 6.17. The van der Waals surface area contributed by atoms with Crippen LogP contribution in [0.2, 0.25) is 0 Å². The normalized spacial score (nSPS) is 35.0. The lowest BCUT2D eigenvalue weighted by atomic mass is 9.74. The molecule has 2 rings (SSSR count). The van der Waals surface area contributed by atoms with E-state index >= 15 is 0 Å². The largest absolute Gasteiger partial charge is 0.469 e. The number of hydrogen-bond acceptors (Lipinski definition) is 3. The van der Waals surface area contributed by atoms with Crippen molar-refractivity contribution >= 4 is 5.97 Å². The van der Waals surface area contributed by atoms with Crippen LogP contribution in [-0.4, -0.2) is 18.6 Å². The molecule has 0 aromatic carbocycles. The third kappa shape index (κ3) is 1.65. The van der Waals surface area contributed by atoms with E-state index in [-0.39, 0.29) is 17.4 Å². The minimum absolute atomic E-state index is 0.0285. The molecule has 0 heterocycles. The lowest BCUT2D eigenvalue weighted by molar-refractivity contribution is -0.149. The zero-order valence-electron chi connectivity index (χ0n) is 8.79. The fraction of sp³-hybridized carbons (Fsp3) is 0.909. The van der Waals surface area contributed by atoms with Gasteiger partial charge in [-0.2, -0.15) is 0 Å². The highest BCUT2D eigenvalue weighted by Crippen LogP contribution is 2.48. The summed E-state index contributed by atoms with van der Waals surface area (Å²) in [6.07, 6.45) is 6.62. The lowest BCUT2D eigenvalue weighted by Crippen LogP contribution is -2.42. The Hall–Kier alpha value is -0.570. The van der Waals surface area contributed by atoms with Crippen molar-refractivity contribution in [3.63, 3.8) is 0 Å². The zero-order chi connectivity index (χ0) is 10.2. The molecule has 2 N–H and O–H groups in total.